The number of carbonyl (C=O) groups is 1. The molecule has 1 heterocycles. The fourth-order valence-corrected chi connectivity index (χ4v) is 5.50. The Hall–Kier alpha value is -0.610. The number of nitrogens with zero attached hydrogens (tertiary/aromatic N) is 1. The van der Waals surface area contributed by atoms with Crippen LogP contribution in [-0.2, 0) is 0 Å². The summed E-state index contributed by atoms with van der Waals surface area (Å²) >= 11 is 4.00. The first kappa shape index (κ1) is 17.7. The van der Waals surface area contributed by atoms with Crippen molar-refractivity contribution in [2.75, 3.05) is 24.6 Å². The molecular weight excluding hydrogens is 310 g/mol. The first-order chi connectivity index (χ1) is 10.5. The number of hydrogen-bond donors (Lipinski definition) is 0. The molecular formula is C18H27NOS2. The quantitative estimate of drug-likeness (QED) is 0.735. The molecule has 0 spiro atoms. The molecule has 22 heavy (non-hydrogen) atoms. The lowest BCUT2D eigenvalue weighted by molar-refractivity contribution is 0.0715. The zero-order valence-corrected chi connectivity index (χ0v) is 15.7. The van der Waals surface area contributed by atoms with Gasteiger partial charge >= 0.3 is 0 Å². The molecule has 1 aliphatic heterocycles. The molecule has 1 saturated heterocycles. The van der Waals surface area contributed by atoms with Crippen LogP contribution in [0.3, 0.4) is 0 Å². The molecule has 0 unspecified atom stereocenters. The number of carbonyl (C=O) groups excluding carboxylic acids is 1. The number of benzene rings is 1. The first-order valence-corrected chi connectivity index (χ1v) is 10.2. The molecule has 0 radical (unpaired) electrons. The van der Waals surface area contributed by atoms with Crippen LogP contribution < -0.4 is 0 Å². The molecule has 0 aliphatic carbocycles. The van der Waals surface area contributed by atoms with Crippen LogP contribution in [0.4, 0.5) is 0 Å². The summed E-state index contributed by atoms with van der Waals surface area (Å²) in [6.07, 6.45) is 0. The molecule has 1 amide bonds. The second-order valence-electron chi connectivity index (χ2n) is 6.69. The molecule has 0 bridgehead atoms. The maximum Gasteiger partial charge on any atom is 0.253 e. The van der Waals surface area contributed by atoms with Crippen LogP contribution >= 0.6 is 23.5 Å². The van der Waals surface area contributed by atoms with E-state index < -0.39 is 0 Å². The van der Waals surface area contributed by atoms with Crippen molar-refractivity contribution in [1.29, 1.82) is 0 Å². The fourth-order valence-electron chi connectivity index (χ4n) is 2.64. The van der Waals surface area contributed by atoms with Crippen molar-refractivity contribution in [2.45, 2.75) is 32.3 Å². The summed E-state index contributed by atoms with van der Waals surface area (Å²) < 4.78 is 0.548. The Bertz CT molecular complexity index is 468. The standard InChI is InChI=1S/C18H27NOS2/c1-13(2)11-19(12-14(3)4)17(20)15-5-7-16(8-6-15)18-21-9-10-22-18/h5-8,13-14,18H,9-12H2,1-4H3. The second kappa shape index (κ2) is 8.30. The number of hydrogen-bond acceptors (Lipinski definition) is 3. The SMILES string of the molecule is CC(C)CN(CC(C)C)C(=O)c1ccc(C2SCCS2)cc1. The van der Waals surface area contributed by atoms with E-state index in [9.17, 15) is 4.79 Å². The van der Waals surface area contributed by atoms with Crippen LogP contribution in [0, 0.1) is 11.8 Å². The van der Waals surface area contributed by atoms with Gasteiger partial charge in [0.2, 0.25) is 0 Å². The summed E-state index contributed by atoms with van der Waals surface area (Å²) in [6, 6.07) is 8.27. The maximum atomic E-state index is 12.8. The summed E-state index contributed by atoms with van der Waals surface area (Å²) in [5.41, 5.74) is 2.15. The third-order valence-corrected chi connectivity index (χ3v) is 6.61. The molecule has 0 saturated carbocycles. The Morgan fingerprint density at radius 1 is 1.05 bits per heavy atom. The van der Waals surface area contributed by atoms with E-state index in [0.29, 0.717) is 16.4 Å². The van der Waals surface area contributed by atoms with E-state index in [1.807, 2.05) is 40.6 Å². The van der Waals surface area contributed by atoms with Crippen molar-refractivity contribution < 1.29 is 4.79 Å². The molecule has 2 rings (SSSR count). The molecule has 1 aromatic carbocycles. The molecule has 0 aromatic heterocycles. The lowest BCUT2D eigenvalue weighted by Crippen LogP contribution is -2.37. The second-order valence-corrected chi connectivity index (χ2v) is 9.42. The Morgan fingerprint density at radius 2 is 1.55 bits per heavy atom. The zero-order chi connectivity index (χ0) is 16.1. The maximum absolute atomic E-state index is 12.8. The molecule has 2 nitrogen and oxygen atoms in total. The Kier molecular flexibility index (Phi) is 6.69. The number of rotatable bonds is 6. The summed E-state index contributed by atoms with van der Waals surface area (Å²) in [4.78, 5) is 14.8. The minimum absolute atomic E-state index is 0.167. The third kappa shape index (κ3) is 4.95. The lowest BCUT2D eigenvalue weighted by Gasteiger charge is -2.26. The van der Waals surface area contributed by atoms with Crippen LogP contribution in [0.5, 0.6) is 0 Å². The van der Waals surface area contributed by atoms with E-state index in [2.05, 4.69) is 39.8 Å². The van der Waals surface area contributed by atoms with Gasteiger partial charge in [-0.25, -0.2) is 0 Å². The smallest absolute Gasteiger partial charge is 0.253 e. The predicted octanol–water partition coefficient (Wildman–Crippen LogP) is 4.92. The van der Waals surface area contributed by atoms with Crippen LogP contribution in [-0.4, -0.2) is 35.4 Å². The lowest BCUT2D eigenvalue weighted by atomic mass is 10.1. The van der Waals surface area contributed by atoms with E-state index in [4.69, 9.17) is 0 Å². The highest BCUT2D eigenvalue weighted by Gasteiger charge is 2.20. The largest absolute Gasteiger partial charge is 0.338 e. The van der Waals surface area contributed by atoms with Gasteiger partial charge in [0.1, 0.15) is 0 Å². The third-order valence-electron chi connectivity index (χ3n) is 3.51. The van der Waals surface area contributed by atoms with Crippen molar-refractivity contribution >= 4 is 29.4 Å². The summed E-state index contributed by atoms with van der Waals surface area (Å²) in [6.45, 7) is 10.3. The fraction of sp³-hybridized carbons (Fsp3) is 0.611. The summed E-state index contributed by atoms with van der Waals surface area (Å²) in [5.74, 6) is 3.61. The van der Waals surface area contributed by atoms with Crippen LogP contribution in [0.15, 0.2) is 24.3 Å². The topological polar surface area (TPSA) is 20.3 Å². The van der Waals surface area contributed by atoms with Gasteiger partial charge in [0.15, 0.2) is 0 Å². The summed E-state index contributed by atoms with van der Waals surface area (Å²) in [5, 5.41) is 0. The summed E-state index contributed by atoms with van der Waals surface area (Å²) in [7, 11) is 0. The van der Waals surface area contributed by atoms with Gasteiger partial charge in [-0.1, -0.05) is 39.8 Å². The van der Waals surface area contributed by atoms with Gasteiger partial charge in [-0.2, -0.15) is 0 Å². The van der Waals surface area contributed by atoms with E-state index in [1.165, 1.54) is 17.1 Å². The highest BCUT2D eigenvalue weighted by molar-refractivity contribution is 8.19. The minimum Gasteiger partial charge on any atom is -0.338 e. The van der Waals surface area contributed by atoms with Gasteiger partial charge in [0.25, 0.3) is 5.91 Å². The minimum atomic E-state index is 0.167. The molecule has 1 aromatic rings. The highest BCUT2D eigenvalue weighted by atomic mass is 32.2. The Balaban J connectivity index is 2.08. The van der Waals surface area contributed by atoms with Gasteiger partial charge in [-0.3, -0.25) is 4.79 Å². The zero-order valence-electron chi connectivity index (χ0n) is 14.0. The Labute approximate surface area is 143 Å². The average molecular weight is 338 g/mol. The van der Waals surface area contributed by atoms with Crippen molar-refractivity contribution in [1.82, 2.24) is 4.90 Å². The first-order valence-electron chi connectivity index (χ1n) is 8.09. The van der Waals surface area contributed by atoms with Crippen LogP contribution in [0.25, 0.3) is 0 Å². The van der Waals surface area contributed by atoms with Crippen LogP contribution in [0.2, 0.25) is 0 Å². The van der Waals surface area contributed by atoms with Gasteiger partial charge < -0.3 is 4.90 Å². The highest BCUT2D eigenvalue weighted by Crippen LogP contribution is 2.45. The molecule has 4 heteroatoms. The van der Waals surface area contributed by atoms with Gasteiger partial charge in [-0.05, 0) is 29.5 Å². The van der Waals surface area contributed by atoms with Gasteiger partial charge in [-0.15, -0.1) is 23.5 Å². The predicted molar refractivity (Wildman–Crippen MR) is 99.7 cm³/mol. The van der Waals surface area contributed by atoms with Crippen molar-refractivity contribution in [2.24, 2.45) is 11.8 Å². The van der Waals surface area contributed by atoms with E-state index in [-0.39, 0.29) is 5.91 Å². The van der Waals surface area contributed by atoms with Gasteiger partial charge in [0, 0.05) is 30.2 Å². The number of thioether (sulfide) groups is 2. The molecule has 122 valence electrons. The molecule has 0 atom stereocenters. The van der Waals surface area contributed by atoms with Crippen molar-refractivity contribution in [3.8, 4) is 0 Å². The molecule has 1 fully saturated rings. The van der Waals surface area contributed by atoms with E-state index >= 15 is 0 Å². The van der Waals surface area contributed by atoms with Crippen LogP contribution in [0.1, 0.15) is 48.2 Å². The average Bonchev–Trinajstić information content (AvgIpc) is 2.99. The normalized spacial score (nSPS) is 15.7. The van der Waals surface area contributed by atoms with Gasteiger partial charge in [0.05, 0.1) is 4.58 Å². The Morgan fingerprint density at radius 3 is 2.00 bits per heavy atom. The van der Waals surface area contributed by atoms with E-state index in [1.54, 1.807) is 0 Å². The molecule has 1 aliphatic rings. The van der Waals surface area contributed by atoms with Crippen molar-refractivity contribution in [3.05, 3.63) is 35.4 Å². The van der Waals surface area contributed by atoms with E-state index in [0.717, 1.165) is 18.7 Å². The molecule has 0 N–H and O–H groups in total. The van der Waals surface area contributed by atoms with Crippen molar-refractivity contribution in [3.63, 3.8) is 0 Å². The number of amides is 1. The monoisotopic (exact) mass is 337 g/mol.